The normalized spacial score (nSPS) is 12.9. The topological polar surface area (TPSA) is 58.9 Å². The second-order valence-corrected chi connectivity index (χ2v) is 5.13. The second kappa shape index (κ2) is 10.5. The molecule has 0 heterocycles. The van der Waals surface area contributed by atoms with Crippen molar-refractivity contribution in [1.29, 1.82) is 0 Å². The summed E-state index contributed by atoms with van der Waals surface area (Å²) < 4.78 is 11.0. The highest BCUT2D eigenvalue weighted by molar-refractivity contribution is 4.35. The van der Waals surface area contributed by atoms with Gasteiger partial charge in [-0.2, -0.15) is 9.29 Å². The van der Waals surface area contributed by atoms with Crippen LogP contribution >= 0.6 is 0 Å². The molecular formula is C14H34N2O4+2. The SMILES string of the molecule is CC[N+](O)(CC)CCOCCOCC[N+](O)(CC)CC. The first-order valence-corrected chi connectivity index (χ1v) is 7.78. The predicted molar refractivity (Wildman–Crippen MR) is 77.6 cm³/mol. The summed E-state index contributed by atoms with van der Waals surface area (Å²) in [4.78, 5) is 0. The number of ether oxygens (including phenoxy) is 2. The van der Waals surface area contributed by atoms with Gasteiger partial charge in [0, 0.05) is 0 Å². The van der Waals surface area contributed by atoms with Gasteiger partial charge in [-0.25, -0.2) is 10.4 Å². The average Bonchev–Trinajstić information content (AvgIpc) is 2.49. The molecule has 0 rings (SSSR count). The van der Waals surface area contributed by atoms with Crippen molar-refractivity contribution in [3.05, 3.63) is 0 Å². The van der Waals surface area contributed by atoms with Gasteiger partial charge in [0.25, 0.3) is 0 Å². The summed E-state index contributed by atoms with van der Waals surface area (Å²) >= 11 is 0. The van der Waals surface area contributed by atoms with Crippen molar-refractivity contribution < 1.29 is 29.2 Å². The molecule has 0 aromatic carbocycles. The maximum Gasteiger partial charge on any atom is 0.132 e. The molecule has 0 fully saturated rings. The number of hydrogen-bond donors (Lipinski definition) is 2. The Kier molecular flexibility index (Phi) is 10.4. The van der Waals surface area contributed by atoms with Crippen LogP contribution in [0.2, 0.25) is 0 Å². The maximum absolute atomic E-state index is 10.0. The van der Waals surface area contributed by atoms with Crippen LogP contribution in [0, 0.1) is 0 Å². The lowest BCUT2D eigenvalue weighted by Gasteiger charge is -2.27. The van der Waals surface area contributed by atoms with Gasteiger partial charge >= 0.3 is 0 Å². The molecule has 122 valence electrons. The molecule has 0 spiro atoms. The van der Waals surface area contributed by atoms with E-state index in [-0.39, 0.29) is 9.29 Å². The lowest BCUT2D eigenvalue weighted by Crippen LogP contribution is -2.47. The highest BCUT2D eigenvalue weighted by Gasteiger charge is 2.20. The lowest BCUT2D eigenvalue weighted by molar-refractivity contribution is -1.10. The zero-order valence-corrected chi connectivity index (χ0v) is 13.7. The molecule has 20 heavy (non-hydrogen) atoms. The summed E-state index contributed by atoms with van der Waals surface area (Å²) in [6, 6.07) is 0. The van der Waals surface area contributed by atoms with E-state index in [9.17, 15) is 10.4 Å². The Labute approximate surface area is 123 Å². The van der Waals surface area contributed by atoms with E-state index in [0.717, 1.165) is 0 Å². The van der Waals surface area contributed by atoms with Gasteiger partial charge in [0.2, 0.25) is 0 Å². The molecule has 0 aliphatic carbocycles. The van der Waals surface area contributed by atoms with E-state index in [0.29, 0.717) is 65.7 Å². The van der Waals surface area contributed by atoms with Crippen molar-refractivity contribution in [2.75, 3.05) is 65.7 Å². The van der Waals surface area contributed by atoms with Crippen LogP contribution in [0.1, 0.15) is 27.7 Å². The molecular weight excluding hydrogens is 260 g/mol. The van der Waals surface area contributed by atoms with Crippen LogP contribution in [-0.4, -0.2) is 85.4 Å². The van der Waals surface area contributed by atoms with E-state index in [1.165, 1.54) is 0 Å². The van der Waals surface area contributed by atoms with Gasteiger partial charge in [0.15, 0.2) is 0 Å². The van der Waals surface area contributed by atoms with Crippen LogP contribution in [0.3, 0.4) is 0 Å². The number of hydrogen-bond acceptors (Lipinski definition) is 4. The first-order chi connectivity index (χ1) is 9.45. The van der Waals surface area contributed by atoms with Gasteiger partial charge in [-0.05, 0) is 27.7 Å². The fourth-order valence-corrected chi connectivity index (χ4v) is 1.87. The molecule has 0 aliphatic heterocycles. The van der Waals surface area contributed by atoms with Crippen molar-refractivity contribution in [2.24, 2.45) is 0 Å². The number of quaternary nitrogens is 2. The van der Waals surface area contributed by atoms with Gasteiger partial charge in [0.05, 0.1) is 26.4 Å². The van der Waals surface area contributed by atoms with Crippen molar-refractivity contribution in [3.8, 4) is 0 Å². The minimum absolute atomic E-state index is 0.0539. The third-order valence-corrected chi connectivity index (χ3v) is 4.03. The van der Waals surface area contributed by atoms with Gasteiger partial charge in [-0.15, -0.1) is 0 Å². The molecule has 0 amide bonds. The third kappa shape index (κ3) is 8.14. The Morgan fingerprint density at radius 2 is 0.900 bits per heavy atom. The summed E-state index contributed by atoms with van der Waals surface area (Å²) in [7, 11) is 0. The third-order valence-electron chi connectivity index (χ3n) is 4.03. The fourth-order valence-electron chi connectivity index (χ4n) is 1.87. The maximum atomic E-state index is 10.0. The first-order valence-electron chi connectivity index (χ1n) is 7.78. The van der Waals surface area contributed by atoms with Crippen LogP contribution in [0.15, 0.2) is 0 Å². The summed E-state index contributed by atoms with van der Waals surface area (Å²) in [5.41, 5.74) is 0. The molecule has 0 saturated carbocycles. The quantitative estimate of drug-likeness (QED) is 0.307. The van der Waals surface area contributed by atoms with Gasteiger partial charge in [-0.1, -0.05) is 0 Å². The van der Waals surface area contributed by atoms with E-state index >= 15 is 0 Å². The summed E-state index contributed by atoms with van der Waals surface area (Å²) in [6.07, 6.45) is 0. The van der Waals surface area contributed by atoms with Crippen molar-refractivity contribution in [3.63, 3.8) is 0 Å². The molecule has 0 unspecified atom stereocenters. The largest absolute Gasteiger partial charge is 0.373 e. The zero-order valence-electron chi connectivity index (χ0n) is 13.7. The highest BCUT2D eigenvalue weighted by atomic mass is 16.6. The Balaban J connectivity index is 3.50. The van der Waals surface area contributed by atoms with Gasteiger partial charge < -0.3 is 9.47 Å². The van der Waals surface area contributed by atoms with Crippen LogP contribution in [0.25, 0.3) is 0 Å². The summed E-state index contributed by atoms with van der Waals surface area (Å²) in [5.74, 6) is 0. The van der Waals surface area contributed by atoms with Crippen molar-refractivity contribution in [1.82, 2.24) is 0 Å². The number of rotatable bonds is 13. The van der Waals surface area contributed by atoms with Crippen LogP contribution in [0.5, 0.6) is 0 Å². The van der Waals surface area contributed by atoms with Crippen LogP contribution in [-0.2, 0) is 9.47 Å². The molecule has 0 aromatic heterocycles. The zero-order chi connectivity index (χ0) is 15.5. The van der Waals surface area contributed by atoms with Crippen LogP contribution < -0.4 is 0 Å². The Hall–Kier alpha value is -0.240. The monoisotopic (exact) mass is 294 g/mol. The minimum Gasteiger partial charge on any atom is -0.373 e. The molecule has 2 N–H and O–H groups in total. The first kappa shape index (κ1) is 19.8. The van der Waals surface area contributed by atoms with E-state index in [4.69, 9.17) is 9.47 Å². The Bertz CT molecular complexity index is 207. The Morgan fingerprint density at radius 1 is 0.600 bits per heavy atom. The molecule has 0 aromatic rings. The molecule has 6 nitrogen and oxygen atoms in total. The molecule has 0 atom stereocenters. The number of nitrogens with zero attached hydrogens (tertiary/aromatic N) is 2. The summed E-state index contributed by atoms with van der Waals surface area (Å²) in [6.45, 7) is 14.0. The van der Waals surface area contributed by atoms with Crippen molar-refractivity contribution in [2.45, 2.75) is 27.7 Å². The van der Waals surface area contributed by atoms with E-state index < -0.39 is 0 Å². The van der Waals surface area contributed by atoms with Crippen LogP contribution in [0.4, 0.5) is 0 Å². The summed E-state index contributed by atoms with van der Waals surface area (Å²) in [5, 5.41) is 20.0. The fraction of sp³-hybridized carbons (Fsp3) is 1.00. The van der Waals surface area contributed by atoms with E-state index in [2.05, 4.69) is 0 Å². The van der Waals surface area contributed by atoms with E-state index in [1.807, 2.05) is 27.7 Å². The standard InChI is InChI=1S/C14H34N2O4/c1-5-15(17,6-2)9-11-19-13-14-20-12-10-16(18,7-3)8-4/h17-18H,5-14H2,1-4H3/q+2. The lowest BCUT2D eigenvalue weighted by atomic mass is 10.4. The van der Waals surface area contributed by atoms with Crippen molar-refractivity contribution >= 4 is 0 Å². The molecule has 0 aliphatic rings. The number of likely N-dealkylation sites (N-methyl/N-ethyl adjacent to an activating group) is 2. The molecule has 0 saturated heterocycles. The van der Waals surface area contributed by atoms with E-state index in [1.54, 1.807) is 0 Å². The predicted octanol–water partition coefficient (Wildman–Crippen LogP) is 1.51. The average molecular weight is 294 g/mol. The smallest absolute Gasteiger partial charge is 0.132 e. The molecule has 0 bridgehead atoms. The minimum atomic E-state index is 0.0539. The second-order valence-electron chi connectivity index (χ2n) is 5.13. The van der Waals surface area contributed by atoms with Gasteiger partial charge in [0.1, 0.15) is 39.3 Å². The molecule has 0 radical (unpaired) electrons. The highest BCUT2D eigenvalue weighted by Crippen LogP contribution is 2.00. The van der Waals surface area contributed by atoms with Gasteiger partial charge in [-0.3, -0.25) is 0 Å². The Morgan fingerprint density at radius 3 is 1.15 bits per heavy atom. The number of hydroxylamine groups is 6. The molecule has 6 heteroatoms.